The molecule has 0 unspecified atom stereocenters. The minimum absolute atomic E-state index is 0.105. The zero-order valence-electron chi connectivity index (χ0n) is 16.6. The van der Waals surface area contributed by atoms with E-state index in [0.717, 1.165) is 5.56 Å². The third-order valence-corrected chi connectivity index (χ3v) is 5.27. The lowest BCUT2D eigenvalue weighted by Gasteiger charge is -2.12. The van der Waals surface area contributed by atoms with Crippen molar-refractivity contribution in [3.63, 3.8) is 0 Å². The average molecular weight is 426 g/mol. The summed E-state index contributed by atoms with van der Waals surface area (Å²) in [5.74, 6) is -0.642. The summed E-state index contributed by atoms with van der Waals surface area (Å²) < 4.78 is 6.92. The maximum absolute atomic E-state index is 12.5. The summed E-state index contributed by atoms with van der Waals surface area (Å²) >= 11 is 1.27. The molecule has 8 heteroatoms. The highest BCUT2D eigenvalue weighted by molar-refractivity contribution is 7.99. The number of carbonyl (C=O) groups excluding carboxylic acids is 2. The fraction of sp³-hybridized carbons (Fsp3) is 0.227. The van der Waals surface area contributed by atoms with Gasteiger partial charge in [0.15, 0.2) is 5.16 Å². The molecule has 30 heavy (non-hydrogen) atoms. The van der Waals surface area contributed by atoms with Gasteiger partial charge >= 0.3 is 5.97 Å². The van der Waals surface area contributed by atoms with Crippen molar-refractivity contribution in [3.05, 3.63) is 77.6 Å². The van der Waals surface area contributed by atoms with Crippen LogP contribution in [0, 0.1) is 0 Å². The average Bonchev–Trinajstić information content (AvgIpc) is 3.15. The van der Waals surface area contributed by atoms with Gasteiger partial charge in [0.05, 0.1) is 42.1 Å². The molecule has 0 fully saturated rings. The Morgan fingerprint density at radius 2 is 1.87 bits per heavy atom. The van der Waals surface area contributed by atoms with E-state index in [0.29, 0.717) is 28.6 Å². The van der Waals surface area contributed by atoms with Gasteiger partial charge < -0.3 is 19.7 Å². The molecular formula is C22H23N3O4S. The number of aromatic nitrogens is 2. The molecule has 0 bridgehead atoms. The second-order valence-electron chi connectivity index (χ2n) is 6.36. The number of nitrogens with zero attached hydrogens (tertiary/aromatic N) is 2. The number of para-hydroxylation sites is 1. The molecule has 0 aliphatic rings. The molecular weight excluding hydrogens is 402 g/mol. The van der Waals surface area contributed by atoms with Crippen molar-refractivity contribution in [2.45, 2.75) is 25.2 Å². The highest BCUT2D eigenvalue weighted by atomic mass is 32.2. The quantitative estimate of drug-likeness (QED) is 0.403. The molecule has 1 aromatic heterocycles. The Kier molecular flexibility index (Phi) is 7.64. The summed E-state index contributed by atoms with van der Waals surface area (Å²) in [6.07, 6.45) is 1.61. The number of imidazole rings is 1. The van der Waals surface area contributed by atoms with Crippen molar-refractivity contribution < 1.29 is 19.4 Å². The Bertz CT molecular complexity index is 1000. The van der Waals surface area contributed by atoms with E-state index in [4.69, 9.17) is 4.74 Å². The number of rotatable bonds is 9. The summed E-state index contributed by atoms with van der Waals surface area (Å²) in [4.78, 5) is 28.9. The third kappa shape index (κ3) is 5.49. The van der Waals surface area contributed by atoms with Gasteiger partial charge in [0.2, 0.25) is 5.91 Å². The SMILES string of the molecule is CCOC(=O)c1ccccc1NC(=O)CSc1ncc(CO)n1Cc1ccccc1. The molecule has 0 radical (unpaired) electrons. The van der Waals surface area contributed by atoms with Gasteiger partial charge in [-0.05, 0) is 24.6 Å². The second-order valence-corrected chi connectivity index (χ2v) is 7.31. The monoisotopic (exact) mass is 425 g/mol. The molecule has 156 valence electrons. The number of hydrogen-bond donors (Lipinski definition) is 2. The lowest BCUT2D eigenvalue weighted by Crippen LogP contribution is -2.18. The molecule has 0 atom stereocenters. The maximum atomic E-state index is 12.5. The number of ether oxygens (including phenoxy) is 1. The Morgan fingerprint density at radius 1 is 1.13 bits per heavy atom. The van der Waals surface area contributed by atoms with Gasteiger partial charge in [-0.3, -0.25) is 4.79 Å². The maximum Gasteiger partial charge on any atom is 0.340 e. The van der Waals surface area contributed by atoms with Crippen LogP contribution < -0.4 is 5.32 Å². The molecule has 0 aliphatic heterocycles. The number of anilines is 1. The van der Waals surface area contributed by atoms with Gasteiger partial charge in [-0.25, -0.2) is 9.78 Å². The minimum atomic E-state index is -0.480. The number of thioether (sulfide) groups is 1. The topological polar surface area (TPSA) is 93.4 Å². The van der Waals surface area contributed by atoms with Gasteiger partial charge in [-0.2, -0.15) is 0 Å². The predicted molar refractivity (Wildman–Crippen MR) is 115 cm³/mol. The van der Waals surface area contributed by atoms with Crippen LogP contribution in [0.5, 0.6) is 0 Å². The smallest absolute Gasteiger partial charge is 0.340 e. The molecule has 0 saturated heterocycles. The van der Waals surface area contributed by atoms with Crippen LogP contribution in [0.25, 0.3) is 0 Å². The van der Waals surface area contributed by atoms with E-state index in [-0.39, 0.29) is 24.9 Å². The van der Waals surface area contributed by atoms with Crippen molar-refractivity contribution in [3.8, 4) is 0 Å². The van der Waals surface area contributed by atoms with Gasteiger partial charge in [-0.15, -0.1) is 0 Å². The first-order chi connectivity index (χ1) is 14.6. The summed E-state index contributed by atoms with van der Waals surface area (Å²) in [7, 11) is 0. The van der Waals surface area contributed by atoms with E-state index in [1.165, 1.54) is 11.8 Å². The van der Waals surface area contributed by atoms with Crippen molar-refractivity contribution in [1.29, 1.82) is 0 Å². The van der Waals surface area contributed by atoms with E-state index in [2.05, 4.69) is 10.3 Å². The van der Waals surface area contributed by atoms with Crippen LogP contribution in [0.1, 0.15) is 28.5 Å². The van der Waals surface area contributed by atoms with Gasteiger partial charge in [-0.1, -0.05) is 54.2 Å². The van der Waals surface area contributed by atoms with Gasteiger partial charge in [0.1, 0.15) is 0 Å². The predicted octanol–water partition coefficient (Wildman–Crippen LogP) is 3.33. The molecule has 2 N–H and O–H groups in total. The number of amides is 1. The molecule has 2 aromatic carbocycles. The van der Waals surface area contributed by atoms with Crippen molar-refractivity contribution >= 4 is 29.3 Å². The first-order valence-electron chi connectivity index (χ1n) is 9.50. The second kappa shape index (κ2) is 10.6. The van der Waals surface area contributed by atoms with E-state index < -0.39 is 5.97 Å². The minimum Gasteiger partial charge on any atom is -0.462 e. The van der Waals surface area contributed by atoms with Crippen LogP contribution in [-0.2, 0) is 22.7 Å². The molecule has 0 spiro atoms. The molecule has 0 saturated carbocycles. The third-order valence-electron chi connectivity index (χ3n) is 4.28. The summed E-state index contributed by atoms with van der Waals surface area (Å²) in [6, 6.07) is 16.6. The zero-order valence-corrected chi connectivity index (χ0v) is 17.4. The van der Waals surface area contributed by atoms with E-state index >= 15 is 0 Å². The first-order valence-corrected chi connectivity index (χ1v) is 10.5. The number of aliphatic hydroxyl groups excluding tert-OH is 1. The molecule has 3 aromatic rings. The first kappa shape index (κ1) is 21.6. The molecule has 1 heterocycles. The number of aliphatic hydroxyl groups is 1. The fourth-order valence-corrected chi connectivity index (χ4v) is 3.66. The fourth-order valence-electron chi connectivity index (χ4n) is 2.86. The Labute approximate surface area is 179 Å². The lowest BCUT2D eigenvalue weighted by molar-refractivity contribution is -0.113. The highest BCUT2D eigenvalue weighted by Crippen LogP contribution is 2.22. The highest BCUT2D eigenvalue weighted by Gasteiger charge is 2.16. The molecule has 3 rings (SSSR count). The number of esters is 1. The van der Waals surface area contributed by atoms with Crippen LogP contribution in [0.2, 0.25) is 0 Å². The van der Waals surface area contributed by atoms with Crippen LogP contribution in [0.4, 0.5) is 5.69 Å². The normalized spacial score (nSPS) is 10.6. The van der Waals surface area contributed by atoms with E-state index in [1.54, 1.807) is 37.4 Å². The Balaban J connectivity index is 1.67. The number of carbonyl (C=O) groups is 2. The van der Waals surface area contributed by atoms with E-state index in [9.17, 15) is 14.7 Å². The van der Waals surface area contributed by atoms with Crippen LogP contribution >= 0.6 is 11.8 Å². The summed E-state index contributed by atoms with van der Waals surface area (Å²) in [6.45, 7) is 2.40. The Morgan fingerprint density at radius 3 is 2.60 bits per heavy atom. The van der Waals surface area contributed by atoms with Gasteiger partial charge in [0, 0.05) is 6.54 Å². The number of benzene rings is 2. The Hall–Kier alpha value is -3.10. The van der Waals surface area contributed by atoms with Gasteiger partial charge in [0.25, 0.3) is 0 Å². The van der Waals surface area contributed by atoms with Crippen LogP contribution in [-0.4, -0.2) is 38.9 Å². The molecule has 0 aliphatic carbocycles. The van der Waals surface area contributed by atoms with Crippen LogP contribution in [0.15, 0.2) is 66.0 Å². The lowest BCUT2D eigenvalue weighted by atomic mass is 10.2. The standard InChI is InChI=1S/C22H23N3O4S/c1-2-29-21(28)18-10-6-7-11-19(18)24-20(27)15-30-22-23-12-17(14-26)25(22)13-16-8-4-3-5-9-16/h3-12,26H,2,13-15H2,1H3,(H,24,27). The summed E-state index contributed by atoms with van der Waals surface area (Å²) in [5.41, 5.74) is 2.46. The zero-order chi connectivity index (χ0) is 21.3. The van der Waals surface area contributed by atoms with Crippen molar-refractivity contribution in [2.24, 2.45) is 0 Å². The number of hydrogen-bond acceptors (Lipinski definition) is 6. The molecule has 1 amide bonds. The number of nitrogens with one attached hydrogen (secondary N) is 1. The molecule has 7 nitrogen and oxygen atoms in total. The van der Waals surface area contributed by atoms with E-state index in [1.807, 2.05) is 34.9 Å². The largest absolute Gasteiger partial charge is 0.462 e. The van der Waals surface area contributed by atoms with Crippen molar-refractivity contribution in [1.82, 2.24) is 9.55 Å². The summed E-state index contributed by atoms with van der Waals surface area (Å²) in [5, 5.41) is 13.0. The van der Waals surface area contributed by atoms with Crippen molar-refractivity contribution in [2.75, 3.05) is 17.7 Å². The van der Waals surface area contributed by atoms with Crippen LogP contribution in [0.3, 0.4) is 0 Å².